The Morgan fingerprint density at radius 3 is 2.55 bits per heavy atom. The van der Waals surface area contributed by atoms with Crippen molar-refractivity contribution in [2.75, 3.05) is 13.2 Å². The summed E-state index contributed by atoms with van der Waals surface area (Å²) < 4.78 is 6.44. The highest BCUT2D eigenvalue weighted by Crippen LogP contribution is 2.33. The van der Waals surface area contributed by atoms with E-state index in [0.717, 1.165) is 13.2 Å². The average Bonchev–Trinajstić information content (AvgIpc) is 1.90. The predicted molar refractivity (Wildman–Crippen MR) is 48.6 cm³/mol. The van der Waals surface area contributed by atoms with Crippen molar-refractivity contribution in [2.24, 2.45) is 5.92 Å². The quantitative estimate of drug-likeness (QED) is 0.653. The third kappa shape index (κ3) is 1.42. The van der Waals surface area contributed by atoms with Crippen LogP contribution in [0.3, 0.4) is 0 Å². The van der Waals surface area contributed by atoms with E-state index in [9.17, 15) is 0 Å². The maximum Gasteiger partial charge on any atom is 0.0557 e. The molecule has 0 N–H and O–H groups in total. The van der Waals surface area contributed by atoms with E-state index < -0.39 is 0 Å². The topological polar surface area (TPSA) is 9.23 Å². The first kappa shape index (κ1) is 7.56. The zero-order valence-electron chi connectivity index (χ0n) is 6.35. The molecule has 1 heterocycles. The molecule has 0 aromatic rings. The fraction of sp³-hybridized carbons (Fsp3) is 0.556. The Labute approximate surface area is 75.2 Å². The van der Waals surface area contributed by atoms with Crippen molar-refractivity contribution in [1.29, 1.82) is 0 Å². The molecule has 1 fully saturated rings. The molecule has 2 aliphatic rings. The van der Waals surface area contributed by atoms with Crippen molar-refractivity contribution in [3.63, 3.8) is 0 Å². The van der Waals surface area contributed by atoms with Crippen LogP contribution < -0.4 is 0 Å². The van der Waals surface area contributed by atoms with Gasteiger partial charge in [0.25, 0.3) is 0 Å². The van der Waals surface area contributed by atoms with Gasteiger partial charge in [0.1, 0.15) is 0 Å². The highest BCUT2D eigenvalue weighted by Gasteiger charge is 2.24. The van der Waals surface area contributed by atoms with Crippen LogP contribution in [0.1, 0.15) is 12.8 Å². The average molecular weight is 215 g/mol. The summed E-state index contributed by atoms with van der Waals surface area (Å²) in [7, 11) is 0. The van der Waals surface area contributed by atoms with Gasteiger partial charge >= 0.3 is 0 Å². The SMILES string of the molecule is BrC1=CCCC=C1C1COC1. The van der Waals surface area contributed by atoms with E-state index in [1.165, 1.54) is 22.9 Å². The van der Waals surface area contributed by atoms with E-state index in [4.69, 9.17) is 4.74 Å². The molecule has 0 radical (unpaired) electrons. The third-order valence-corrected chi connectivity index (χ3v) is 2.99. The van der Waals surface area contributed by atoms with E-state index >= 15 is 0 Å². The molecule has 1 aliphatic heterocycles. The minimum Gasteiger partial charge on any atom is -0.380 e. The van der Waals surface area contributed by atoms with Gasteiger partial charge in [-0.05, 0) is 18.4 Å². The minimum absolute atomic E-state index is 0.668. The lowest BCUT2D eigenvalue weighted by Gasteiger charge is -2.29. The van der Waals surface area contributed by atoms with Gasteiger partial charge in [-0.2, -0.15) is 0 Å². The molecule has 1 saturated heterocycles. The van der Waals surface area contributed by atoms with Crippen molar-refractivity contribution in [1.82, 2.24) is 0 Å². The van der Waals surface area contributed by atoms with Gasteiger partial charge in [0.15, 0.2) is 0 Å². The largest absolute Gasteiger partial charge is 0.380 e. The van der Waals surface area contributed by atoms with Gasteiger partial charge in [0.05, 0.1) is 13.2 Å². The normalized spacial score (nSPS) is 25.5. The summed E-state index contributed by atoms with van der Waals surface area (Å²) in [5, 5.41) is 0. The van der Waals surface area contributed by atoms with Crippen LogP contribution in [0.25, 0.3) is 0 Å². The van der Waals surface area contributed by atoms with Crippen molar-refractivity contribution in [3.8, 4) is 0 Å². The Balaban J connectivity index is 2.10. The monoisotopic (exact) mass is 214 g/mol. The molecule has 0 spiro atoms. The van der Waals surface area contributed by atoms with Gasteiger partial charge in [-0.3, -0.25) is 0 Å². The second-order valence-electron chi connectivity index (χ2n) is 3.02. The number of halogens is 1. The molecule has 0 aromatic heterocycles. The predicted octanol–water partition coefficient (Wildman–Crippen LogP) is 2.63. The van der Waals surface area contributed by atoms with Gasteiger partial charge in [-0.1, -0.05) is 28.1 Å². The van der Waals surface area contributed by atoms with Gasteiger partial charge < -0.3 is 4.74 Å². The smallest absolute Gasteiger partial charge is 0.0557 e. The van der Waals surface area contributed by atoms with Crippen molar-refractivity contribution < 1.29 is 4.74 Å². The summed E-state index contributed by atoms with van der Waals surface area (Å²) in [6, 6.07) is 0. The molecule has 0 amide bonds. The van der Waals surface area contributed by atoms with Crippen LogP contribution in [-0.2, 0) is 4.74 Å². The van der Waals surface area contributed by atoms with Crippen LogP contribution in [0, 0.1) is 5.92 Å². The Bertz CT molecular complexity index is 214. The lowest BCUT2D eigenvalue weighted by Crippen LogP contribution is -2.29. The van der Waals surface area contributed by atoms with Crippen LogP contribution >= 0.6 is 15.9 Å². The van der Waals surface area contributed by atoms with E-state index in [2.05, 4.69) is 28.1 Å². The first-order chi connectivity index (χ1) is 5.38. The first-order valence-electron chi connectivity index (χ1n) is 4.02. The Morgan fingerprint density at radius 2 is 2.00 bits per heavy atom. The van der Waals surface area contributed by atoms with Gasteiger partial charge in [0.2, 0.25) is 0 Å². The number of allylic oxidation sites excluding steroid dienone is 3. The zero-order chi connectivity index (χ0) is 7.68. The molecular formula is C9H11BrO. The number of hydrogen-bond donors (Lipinski definition) is 0. The lowest BCUT2D eigenvalue weighted by atomic mass is 9.93. The molecule has 60 valence electrons. The zero-order valence-corrected chi connectivity index (χ0v) is 7.93. The molecule has 2 heteroatoms. The fourth-order valence-corrected chi connectivity index (χ4v) is 2.16. The molecule has 11 heavy (non-hydrogen) atoms. The van der Waals surface area contributed by atoms with Crippen LogP contribution in [0.2, 0.25) is 0 Å². The Hall–Kier alpha value is -0.0800. The molecule has 0 bridgehead atoms. The molecule has 2 rings (SSSR count). The number of ether oxygens (including phenoxy) is 1. The van der Waals surface area contributed by atoms with Crippen LogP contribution in [-0.4, -0.2) is 13.2 Å². The molecule has 0 atom stereocenters. The van der Waals surface area contributed by atoms with E-state index in [1.54, 1.807) is 0 Å². The molecule has 0 aromatic carbocycles. The van der Waals surface area contributed by atoms with Crippen LogP contribution in [0.15, 0.2) is 22.2 Å². The fourth-order valence-electron chi connectivity index (χ4n) is 1.44. The van der Waals surface area contributed by atoms with E-state index in [-0.39, 0.29) is 0 Å². The summed E-state index contributed by atoms with van der Waals surface area (Å²) in [6.45, 7) is 1.82. The molecule has 1 nitrogen and oxygen atoms in total. The lowest BCUT2D eigenvalue weighted by molar-refractivity contribution is -0.0120. The minimum atomic E-state index is 0.668. The standard InChI is InChI=1S/C9H11BrO/c10-9-4-2-1-3-8(9)7-5-11-6-7/h3-4,7H,1-2,5-6H2. The van der Waals surface area contributed by atoms with Gasteiger partial charge in [-0.15, -0.1) is 0 Å². The molecule has 0 saturated carbocycles. The van der Waals surface area contributed by atoms with Crippen LogP contribution in [0.5, 0.6) is 0 Å². The second-order valence-corrected chi connectivity index (χ2v) is 3.88. The molecular weight excluding hydrogens is 204 g/mol. The first-order valence-corrected chi connectivity index (χ1v) is 4.81. The third-order valence-electron chi connectivity index (χ3n) is 2.21. The van der Waals surface area contributed by atoms with E-state index in [1.807, 2.05) is 0 Å². The van der Waals surface area contributed by atoms with Crippen molar-refractivity contribution >= 4 is 15.9 Å². The summed E-state index contributed by atoms with van der Waals surface area (Å²) >= 11 is 3.57. The number of rotatable bonds is 1. The summed E-state index contributed by atoms with van der Waals surface area (Å²) in [5.41, 5.74) is 1.46. The second kappa shape index (κ2) is 3.11. The summed E-state index contributed by atoms with van der Waals surface area (Å²) in [4.78, 5) is 0. The van der Waals surface area contributed by atoms with Crippen LogP contribution in [0.4, 0.5) is 0 Å². The highest BCUT2D eigenvalue weighted by atomic mass is 79.9. The van der Waals surface area contributed by atoms with Crippen molar-refractivity contribution in [2.45, 2.75) is 12.8 Å². The van der Waals surface area contributed by atoms with Gasteiger partial charge in [0, 0.05) is 10.4 Å². The summed E-state index contributed by atoms with van der Waals surface area (Å²) in [6.07, 6.45) is 6.96. The van der Waals surface area contributed by atoms with Crippen molar-refractivity contribution in [3.05, 3.63) is 22.2 Å². The highest BCUT2D eigenvalue weighted by molar-refractivity contribution is 9.12. The Morgan fingerprint density at radius 1 is 1.27 bits per heavy atom. The van der Waals surface area contributed by atoms with E-state index in [0.29, 0.717) is 5.92 Å². The Kier molecular flexibility index (Phi) is 2.14. The summed E-state index contributed by atoms with van der Waals surface area (Å²) in [5.74, 6) is 0.668. The molecule has 0 unspecified atom stereocenters. The maximum atomic E-state index is 5.15. The van der Waals surface area contributed by atoms with Gasteiger partial charge in [-0.25, -0.2) is 0 Å². The molecule has 1 aliphatic carbocycles. The number of hydrogen-bond acceptors (Lipinski definition) is 1. The maximum absolute atomic E-state index is 5.15.